The van der Waals surface area contributed by atoms with Gasteiger partial charge < -0.3 is 10.2 Å². The minimum atomic E-state index is -0.111. The van der Waals surface area contributed by atoms with Gasteiger partial charge in [0.15, 0.2) is 0 Å². The predicted octanol–water partition coefficient (Wildman–Crippen LogP) is 4.20. The highest BCUT2D eigenvalue weighted by atomic mass is 19.1. The summed E-state index contributed by atoms with van der Waals surface area (Å²) < 4.78 is 14.2. The van der Waals surface area contributed by atoms with Crippen LogP contribution in [-0.4, -0.2) is 19.1 Å². The van der Waals surface area contributed by atoms with E-state index in [1.54, 1.807) is 6.07 Å². The number of benzene rings is 1. The van der Waals surface area contributed by atoms with Gasteiger partial charge in [-0.3, -0.25) is 0 Å². The summed E-state index contributed by atoms with van der Waals surface area (Å²) in [6.45, 7) is 13.2. The molecule has 0 aromatic heterocycles. The quantitative estimate of drug-likeness (QED) is 0.768. The van der Waals surface area contributed by atoms with Gasteiger partial charge in [0.05, 0.1) is 0 Å². The Morgan fingerprint density at radius 1 is 1.20 bits per heavy atom. The van der Waals surface area contributed by atoms with Crippen molar-refractivity contribution in [3.05, 3.63) is 29.6 Å². The summed E-state index contributed by atoms with van der Waals surface area (Å²) in [5.41, 5.74) is 1.81. The Morgan fingerprint density at radius 3 is 2.45 bits per heavy atom. The topological polar surface area (TPSA) is 15.3 Å². The third-order valence-electron chi connectivity index (χ3n) is 3.35. The molecule has 0 atom stereocenters. The summed E-state index contributed by atoms with van der Waals surface area (Å²) in [5, 5.41) is 3.35. The number of anilines is 1. The number of nitrogens with zero attached hydrogens (tertiary/aromatic N) is 1. The highest BCUT2D eigenvalue weighted by Crippen LogP contribution is 2.25. The average Bonchev–Trinajstić information content (AvgIpc) is 2.37. The summed E-state index contributed by atoms with van der Waals surface area (Å²) in [4.78, 5) is 2.29. The molecule has 0 aliphatic rings. The van der Waals surface area contributed by atoms with E-state index in [0.717, 1.165) is 30.8 Å². The fraction of sp³-hybridized carbons (Fsp3) is 0.647. The molecule has 20 heavy (non-hydrogen) atoms. The molecule has 3 heteroatoms. The summed E-state index contributed by atoms with van der Waals surface area (Å²) in [7, 11) is 0. The summed E-state index contributed by atoms with van der Waals surface area (Å²) >= 11 is 0. The molecule has 114 valence electrons. The van der Waals surface area contributed by atoms with Crippen molar-refractivity contribution in [2.75, 3.05) is 18.0 Å². The van der Waals surface area contributed by atoms with Crippen molar-refractivity contribution in [3.63, 3.8) is 0 Å². The van der Waals surface area contributed by atoms with Gasteiger partial charge in [0.25, 0.3) is 0 Å². The van der Waals surface area contributed by atoms with E-state index in [1.807, 2.05) is 12.1 Å². The Morgan fingerprint density at radius 2 is 1.90 bits per heavy atom. The first-order valence-corrected chi connectivity index (χ1v) is 7.72. The maximum Gasteiger partial charge on any atom is 0.129 e. The fourth-order valence-electron chi connectivity index (χ4n) is 2.37. The number of hydrogen-bond donors (Lipinski definition) is 1. The molecule has 0 saturated carbocycles. The molecule has 1 aromatic rings. The molecule has 0 amide bonds. The SMILES string of the molecule is CCCN(c1cccc(F)c1CNCC(C)C)C(C)C. The Labute approximate surface area is 123 Å². The van der Waals surface area contributed by atoms with Gasteiger partial charge in [-0.2, -0.15) is 0 Å². The van der Waals surface area contributed by atoms with Crippen LogP contribution in [-0.2, 0) is 6.54 Å². The summed E-state index contributed by atoms with van der Waals surface area (Å²) in [5.74, 6) is 0.461. The van der Waals surface area contributed by atoms with Gasteiger partial charge in [0.1, 0.15) is 5.82 Å². The van der Waals surface area contributed by atoms with Crippen molar-refractivity contribution in [2.45, 2.75) is 53.6 Å². The molecule has 0 radical (unpaired) electrons. The lowest BCUT2D eigenvalue weighted by molar-refractivity contribution is 0.532. The zero-order valence-electron chi connectivity index (χ0n) is 13.5. The Balaban J connectivity index is 2.96. The lowest BCUT2D eigenvalue weighted by Gasteiger charge is -2.31. The minimum absolute atomic E-state index is 0.111. The van der Waals surface area contributed by atoms with Gasteiger partial charge in [-0.05, 0) is 44.9 Å². The van der Waals surface area contributed by atoms with Gasteiger partial charge in [-0.25, -0.2) is 4.39 Å². The van der Waals surface area contributed by atoms with Crippen molar-refractivity contribution < 1.29 is 4.39 Å². The first-order valence-electron chi connectivity index (χ1n) is 7.72. The standard InChI is InChI=1S/C17H29FN2/c1-6-10-20(14(4)5)17-9-7-8-16(18)15(17)12-19-11-13(2)3/h7-9,13-14,19H,6,10-12H2,1-5H3. The van der Waals surface area contributed by atoms with Crippen LogP contribution >= 0.6 is 0 Å². The Hall–Kier alpha value is -1.09. The molecule has 1 rings (SSSR count). The maximum absolute atomic E-state index is 14.2. The van der Waals surface area contributed by atoms with Crippen molar-refractivity contribution in [3.8, 4) is 0 Å². The van der Waals surface area contributed by atoms with Crippen LogP contribution in [0, 0.1) is 11.7 Å². The van der Waals surface area contributed by atoms with Gasteiger partial charge in [-0.1, -0.05) is 26.8 Å². The molecule has 0 fully saturated rings. The average molecular weight is 280 g/mol. The summed E-state index contributed by atoms with van der Waals surface area (Å²) in [6.07, 6.45) is 1.06. The van der Waals surface area contributed by atoms with Crippen LogP contribution in [0.2, 0.25) is 0 Å². The smallest absolute Gasteiger partial charge is 0.129 e. The maximum atomic E-state index is 14.2. The molecule has 0 spiro atoms. The second-order valence-corrected chi connectivity index (χ2v) is 6.05. The van der Waals surface area contributed by atoms with E-state index in [4.69, 9.17) is 0 Å². The monoisotopic (exact) mass is 280 g/mol. The van der Waals surface area contributed by atoms with Gasteiger partial charge in [0.2, 0.25) is 0 Å². The molecule has 0 unspecified atom stereocenters. The number of rotatable bonds is 8. The van der Waals surface area contributed by atoms with Crippen LogP contribution in [0.25, 0.3) is 0 Å². The number of halogens is 1. The lowest BCUT2D eigenvalue weighted by Crippen LogP contribution is -2.33. The van der Waals surface area contributed by atoms with E-state index in [2.05, 4.69) is 44.8 Å². The Kier molecular flexibility index (Phi) is 7.00. The van der Waals surface area contributed by atoms with Crippen molar-refractivity contribution >= 4 is 5.69 Å². The zero-order valence-corrected chi connectivity index (χ0v) is 13.5. The molecule has 0 saturated heterocycles. The third kappa shape index (κ3) is 4.78. The van der Waals surface area contributed by atoms with Crippen molar-refractivity contribution in [1.29, 1.82) is 0 Å². The molecule has 0 aliphatic carbocycles. The highest BCUT2D eigenvalue weighted by molar-refractivity contribution is 5.54. The van der Waals surface area contributed by atoms with Gasteiger partial charge in [-0.15, -0.1) is 0 Å². The van der Waals surface area contributed by atoms with Gasteiger partial charge in [0, 0.05) is 30.4 Å². The van der Waals surface area contributed by atoms with Crippen LogP contribution in [0.5, 0.6) is 0 Å². The molecule has 0 heterocycles. The first-order chi connectivity index (χ1) is 9.47. The van der Waals surface area contributed by atoms with E-state index in [-0.39, 0.29) is 5.82 Å². The van der Waals surface area contributed by atoms with Crippen LogP contribution in [0.15, 0.2) is 18.2 Å². The largest absolute Gasteiger partial charge is 0.369 e. The number of hydrogen-bond acceptors (Lipinski definition) is 2. The minimum Gasteiger partial charge on any atom is -0.369 e. The van der Waals surface area contributed by atoms with E-state index in [9.17, 15) is 4.39 Å². The molecular formula is C17H29FN2. The molecule has 1 aromatic carbocycles. The van der Waals surface area contributed by atoms with Crippen LogP contribution < -0.4 is 10.2 Å². The highest BCUT2D eigenvalue weighted by Gasteiger charge is 2.16. The van der Waals surface area contributed by atoms with E-state index < -0.39 is 0 Å². The van der Waals surface area contributed by atoms with E-state index in [1.165, 1.54) is 0 Å². The molecular weight excluding hydrogens is 251 g/mol. The van der Waals surface area contributed by atoms with Crippen molar-refractivity contribution in [2.24, 2.45) is 5.92 Å². The number of nitrogens with one attached hydrogen (secondary N) is 1. The third-order valence-corrected chi connectivity index (χ3v) is 3.35. The zero-order chi connectivity index (χ0) is 15.1. The lowest BCUT2D eigenvalue weighted by atomic mass is 10.1. The molecule has 0 aliphatic heterocycles. The molecule has 2 nitrogen and oxygen atoms in total. The van der Waals surface area contributed by atoms with Crippen LogP contribution in [0.4, 0.5) is 10.1 Å². The molecule has 1 N–H and O–H groups in total. The Bertz CT molecular complexity index is 402. The molecule has 0 bridgehead atoms. The first kappa shape index (κ1) is 17.0. The fourth-order valence-corrected chi connectivity index (χ4v) is 2.37. The second-order valence-electron chi connectivity index (χ2n) is 6.05. The van der Waals surface area contributed by atoms with Crippen LogP contribution in [0.1, 0.15) is 46.6 Å². The van der Waals surface area contributed by atoms with Crippen LogP contribution in [0.3, 0.4) is 0 Å². The van der Waals surface area contributed by atoms with E-state index in [0.29, 0.717) is 18.5 Å². The second kappa shape index (κ2) is 8.25. The normalized spacial score (nSPS) is 11.4. The van der Waals surface area contributed by atoms with Gasteiger partial charge >= 0.3 is 0 Å². The summed E-state index contributed by atoms with van der Waals surface area (Å²) in [6, 6.07) is 5.77. The van der Waals surface area contributed by atoms with Crippen molar-refractivity contribution in [1.82, 2.24) is 5.32 Å². The predicted molar refractivity (Wildman–Crippen MR) is 85.7 cm³/mol. The van der Waals surface area contributed by atoms with E-state index >= 15 is 0 Å².